The van der Waals surface area contributed by atoms with E-state index in [1.54, 1.807) is 27.8 Å². The highest BCUT2D eigenvalue weighted by atomic mass is 19.1. The fourth-order valence-corrected chi connectivity index (χ4v) is 4.12. The average molecular weight is 383 g/mol. The first-order valence-electron chi connectivity index (χ1n) is 9.34. The summed E-state index contributed by atoms with van der Waals surface area (Å²) in [6.45, 7) is 7.04. The van der Waals surface area contributed by atoms with Crippen LogP contribution in [0.3, 0.4) is 0 Å². The summed E-state index contributed by atoms with van der Waals surface area (Å²) in [6.07, 6.45) is 1.73. The molecule has 0 saturated heterocycles. The molecule has 0 bridgehead atoms. The van der Waals surface area contributed by atoms with E-state index in [9.17, 15) is 19.1 Å². The molecule has 1 aromatic carbocycles. The van der Waals surface area contributed by atoms with Crippen LogP contribution in [0.2, 0.25) is 0 Å². The number of amides is 1. The van der Waals surface area contributed by atoms with Gasteiger partial charge in [0, 0.05) is 25.3 Å². The van der Waals surface area contributed by atoms with Crippen molar-refractivity contribution in [3.63, 3.8) is 0 Å². The number of halogens is 1. The van der Waals surface area contributed by atoms with E-state index in [2.05, 4.69) is 0 Å². The molecule has 0 spiro atoms. The lowest BCUT2D eigenvalue weighted by molar-refractivity contribution is 0.0686. The minimum absolute atomic E-state index is 0.0536. The van der Waals surface area contributed by atoms with Crippen molar-refractivity contribution >= 4 is 16.8 Å². The molecule has 0 radical (unpaired) electrons. The summed E-state index contributed by atoms with van der Waals surface area (Å²) in [6, 6.07) is 5.88. The molecule has 3 aromatic rings. The normalized spacial score (nSPS) is 16.6. The molecular formula is C21H22FN3O3. The lowest BCUT2D eigenvalue weighted by Gasteiger charge is -2.32. The lowest BCUT2D eigenvalue weighted by atomic mass is 10.1. The number of carbonyl (C=O) groups is 1. The topological polar surface area (TPSA) is 67.5 Å². The maximum Gasteiger partial charge on any atom is 0.274 e. The van der Waals surface area contributed by atoms with Gasteiger partial charge in [-0.15, -0.1) is 0 Å². The summed E-state index contributed by atoms with van der Waals surface area (Å²) in [4.78, 5) is 27.6. The van der Waals surface area contributed by atoms with Crippen LogP contribution in [0.25, 0.3) is 10.9 Å². The summed E-state index contributed by atoms with van der Waals surface area (Å²) in [5.74, 6) is -0.863. The van der Waals surface area contributed by atoms with E-state index in [1.807, 2.05) is 20.8 Å². The molecule has 0 aliphatic carbocycles. The summed E-state index contributed by atoms with van der Waals surface area (Å²) >= 11 is 0. The van der Waals surface area contributed by atoms with Crippen LogP contribution in [0.15, 0.2) is 35.3 Å². The number of pyridine rings is 1. The lowest BCUT2D eigenvalue weighted by Crippen LogP contribution is -2.41. The van der Waals surface area contributed by atoms with Gasteiger partial charge in [-0.3, -0.25) is 9.59 Å². The number of hydrogen-bond donors (Lipinski definition) is 1. The number of fused-ring (bicyclic) bond motifs is 3. The fraction of sp³-hybridized carbons (Fsp3) is 0.333. The number of likely N-dealkylation sites (N-methyl/N-ethyl adjacent to an activating group) is 1. The van der Waals surface area contributed by atoms with Crippen molar-refractivity contribution in [1.29, 1.82) is 0 Å². The molecule has 7 heteroatoms. The van der Waals surface area contributed by atoms with Crippen molar-refractivity contribution in [2.75, 3.05) is 13.1 Å². The van der Waals surface area contributed by atoms with Crippen LogP contribution in [-0.2, 0) is 6.54 Å². The largest absolute Gasteiger partial charge is 0.505 e. The van der Waals surface area contributed by atoms with Crippen LogP contribution in [0, 0.1) is 12.7 Å². The second kappa shape index (κ2) is 6.51. The number of aromatic hydroxyl groups is 1. The molecule has 146 valence electrons. The van der Waals surface area contributed by atoms with E-state index in [0.29, 0.717) is 18.6 Å². The fourth-order valence-electron chi connectivity index (χ4n) is 4.12. The first kappa shape index (κ1) is 18.3. The third kappa shape index (κ3) is 2.61. The van der Waals surface area contributed by atoms with Crippen molar-refractivity contribution in [3.8, 4) is 5.75 Å². The summed E-state index contributed by atoms with van der Waals surface area (Å²) in [7, 11) is 0. The van der Waals surface area contributed by atoms with Crippen LogP contribution in [0.4, 0.5) is 4.39 Å². The van der Waals surface area contributed by atoms with Crippen LogP contribution >= 0.6 is 0 Å². The summed E-state index contributed by atoms with van der Waals surface area (Å²) in [5, 5.41) is 11.0. The van der Waals surface area contributed by atoms with Crippen molar-refractivity contribution < 1.29 is 14.3 Å². The molecule has 1 unspecified atom stereocenters. The minimum atomic E-state index is -0.368. The number of hydrogen-bond acceptors (Lipinski definition) is 3. The molecule has 4 rings (SSSR count). The van der Waals surface area contributed by atoms with Gasteiger partial charge in [0.2, 0.25) is 0 Å². The SMILES string of the molecule is CCN1CC(C)n2c(c(O)c3c(=O)n(Cc4ccc(F)cc4)cc(C)c32)C1=O. The Bertz CT molecular complexity index is 1140. The summed E-state index contributed by atoms with van der Waals surface area (Å²) in [5.41, 5.74) is 1.97. The Morgan fingerprint density at radius 1 is 1.21 bits per heavy atom. The van der Waals surface area contributed by atoms with Gasteiger partial charge in [-0.1, -0.05) is 12.1 Å². The van der Waals surface area contributed by atoms with Gasteiger partial charge in [-0.05, 0) is 44.0 Å². The molecule has 1 N–H and O–H groups in total. The Labute approximate surface area is 161 Å². The minimum Gasteiger partial charge on any atom is -0.505 e. The maximum atomic E-state index is 13.2. The molecule has 1 amide bonds. The van der Waals surface area contributed by atoms with Crippen molar-refractivity contribution in [1.82, 2.24) is 14.0 Å². The van der Waals surface area contributed by atoms with E-state index < -0.39 is 0 Å². The average Bonchev–Trinajstić information content (AvgIpc) is 2.99. The third-order valence-corrected chi connectivity index (χ3v) is 5.44. The monoisotopic (exact) mass is 383 g/mol. The van der Waals surface area contributed by atoms with Gasteiger partial charge in [-0.25, -0.2) is 4.39 Å². The third-order valence-electron chi connectivity index (χ3n) is 5.44. The second-order valence-electron chi connectivity index (χ2n) is 7.36. The zero-order valence-corrected chi connectivity index (χ0v) is 16.1. The Kier molecular flexibility index (Phi) is 4.25. The van der Waals surface area contributed by atoms with Gasteiger partial charge in [0.15, 0.2) is 11.4 Å². The van der Waals surface area contributed by atoms with Gasteiger partial charge in [0.05, 0.1) is 12.1 Å². The van der Waals surface area contributed by atoms with E-state index in [0.717, 1.165) is 11.1 Å². The van der Waals surface area contributed by atoms with E-state index in [1.165, 1.54) is 16.7 Å². The van der Waals surface area contributed by atoms with Crippen LogP contribution in [0.5, 0.6) is 5.75 Å². The highest BCUT2D eigenvalue weighted by Gasteiger charge is 2.35. The number of benzene rings is 1. The standard InChI is InChI=1S/C21H22FN3O3/c1-4-23-10-13(3)25-17-12(2)9-24(11-14-5-7-15(22)8-6-14)20(27)16(17)19(26)18(25)21(23)28/h5-9,13,26H,4,10-11H2,1-3H3. The van der Waals surface area contributed by atoms with E-state index in [4.69, 9.17) is 0 Å². The van der Waals surface area contributed by atoms with E-state index in [-0.39, 0.29) is 46.7 Å². The molecule has 1 atom stereocenters. The number of nitrogens with zero attached hydrogens (tertiary/aromatic N) is 3. The first-order valence-corrected chi connectivity index (χ1v) is 9.34. The molecule has 3 heterocycles. The molecule has 1 aliphatic rings. The van der Waals surface area contributed by atoms with Gasteiger partial charge >= 0.3 is 0 Å². The van der Waals surface area contributed by atoms with Crippen LogP contribution in [0.1, 0.15) is 41.5 Å². The Morgan fingerprint density at radius 2 is 1.89 bits per heavy atom. The molecule has 1 aliphatic heterocycles. The Hall–Kier alpha value is -3.09. The molecule has 28 heavy (non-hydrogen) atoms. The van der Waals surface area contributed by atoms with Gasteiger partial charge in [-0.2, -0.15) is 0 Å². The smallest absolute Gasteiger partial charge is 0.274 e. The summed E-state index contributed by atoms with van der Waals surface area (Å²) < 4.78 is 16.4. The zero-order chi connectivity index (χ0) is 20.2. The number of rotatable bonds is 3. The van der Waals surface area contributed by atoms with Gasteiger partial charge in [0.1, 0.15) is 11.2 Å². The second-order valence-corrected chi connectivity index (χ2v) is 7.36. The van der Waals surface area contributed by atoms with Crippen molar-refractivity contribution in [2.45, 2.75) is 33.4 Å². The highest BCUT2D eigenvalue weighted by Crippen LogP contribution is 2.37. The molecule has 6 nitrogen and oxygen atoms in total. The Balaban J connectivity index is 1.93. The van der Waals surface area contributed by atoms with Crippen molar-refractivity contribution in [2.24, 2.45) is 0 Å². The zero-order valence-electron chi connectivity index (χ0n) is 16.1. The van der Waals surface area contributed by atoms with Gasteiger partial charge in [0.25, 0.3) is 11.5 Å². The number of aryl methyl sites for hydroxylation is 1. The molecule has 0 fully saturated rings. The van der Waals surface area contributed by atoms with Gasteiger partial charge < -0.3 is 19.1 Å². The number of carbonyl (C=O) groups excluding carboxylic acids is 1. The van der Waals surface area contributed by atoms with Crippen LogP contribution < -0.4 is 5.56 Å². The quantitative estimate of drug-likeness (QED) is 0.756. The Morgan fingerprint density at radius 3 is 2.54 bits per heavy atom. The number of aromatic nitrogens is 2. The first-order chi connectivity index (χ1) is 13.3. The highest BCUT2D eigenvalue weighted by molar-refractivity contribution is 6.05. The molecule has 0 saturated carbocycles. The predicted molar refractivity (Wildman–Crippen MR) is 104 cm³/mol. The van der Waals surface area contributed by atoms with Crippen molar-refractivity contribution in [3.05, 3.63) is 63.5 Å². The van der Waals surface area contributed by atoms with E-state index >= 15 is 0 Å². The molecule has 2 aromatic heterocycles. The maximum absolute atomic E-state index is 13.2. The predicted octanol–water partition coefficient (Wildman–Crippen LogP) is 3.04. The molecular weight excluding hydrogens is 361 g/mol. The van der Waals surface area contributed by atoms with Crippen LogP contribution in [-0.4, -0.2) is 38.1 Å².